The SMILES string of the molecule is CCCCCCCCCCCCCC(=O)OC(=O)CC[C@H](N)C(=O)OC(=O)CCCCCCCCCCCCC.[K]. The first-order valence-electron chi connectivity index (χ1n) is 16.6. The monoisotopic (exact) mass is 606 g/mol. The number of esters is 4. The van der Waals surface area contributed by atoms with Crippen molar-refractivity contribution < 1.29 is 28.7 Å². The minimum atomic E-state index is -1.10. The average molecular weight is 607 g/mol. The zero-order valence-corrected chi connectivity index (χ0v) is 30.1. The molecule has 235 valence electrons. The second-order valence-corrected chi connectivity index (χ2v) is 11.4. The van der Waals surface area contributed by atoms with Crippen molar-refractivity contribution >= 4 is 75.3 Å². The Hall–Kier alpha value is -0.124. The van der Waals surface area contributed by atoms with Crippen molar-refractivity contribution in [1.82, 2.24) is 0 Å². The summed E-state index contributed by atoms with van der Waals surface area (Å²) in [6, 6.07) is -1.10. The molecule has 1 atom stereocenters. The number of ether oxygens (including phenoxy) is 2. The number of hydrogen-bond donors (Lipinski definition) is 1. The second-order valence-electron chi connectivity index (χ2n) is 11.4. The van der Waals surface area contributed by atoms with E-state index < -0.39 is 29.9 Å². The fraction of sp³-hybridized carbons (Fsp3) is 0.879. The summed E-state index contributed by atoms with van der Waals surface area (Å²) in [6.07, 6.45) is 26.2. The van der Waals surface area contributed by atoms with Crippen molar-refractivity contribution in [1.29, 1.82) is 0 Å². The molecule has 8 heteroatoms. The smallest absolute Gasteiger partial charge is 0.330 e. The molecule has 7 nitrogen and oxygen atoms in total. The van der Waals surface area contributed by atoms with E-state index >= 15 is 0 Å². The van der Waals surface area contributed by atoms with E-state index in [0.29, 0.717) is 12.8 Å². The fourth-order valence-electron chi connectivity index (χ4n) is 4.73. The third-order valence-corrected chi connectivity index (χ3v) is 7.37. The summed E-state index contributed by atoms with van der Waals surface area (Å²) in [6.45, 7) is 4.45. The predicted molar refractivity (Wildman–Crippen MR) is 167 cm³/mol. The molecule has 2 N–H and O–H groups in total. The van der Waals surface area contributed by atoms with Crippen LogP contribution < -0.4 is 5.73 Å². The minimum Gasteiger partial charge on any atom is -0.393 e. The van der Waals surface area contributed by atoms with Crippen molar-refractivity contribution in [2.24, 2.45) is 5.73 Å². The normalized spacial score (nSPS) is 11.5. The summed E-state index contributed by atoms with van der Waals surface area (Å²) in [4.78, 5) is 47.7. The summed E-state index contributed by atoms with van der Waals surface area (Å²) >= 11 is 0. The molecule has 0 saturated heterocycles. The van der Waals surface area contributed by atoms with Gasteiger partial charge in [0.2, 0.25) is 0 Å². The largest absolute Gasteiger partial charge is 0.393 e. The maximum Gasteiger partial charge on any atom is 0.330 e. The molecule has 1 radical (unpaired) electrons. The van der Waals surface area contributed by atoms with E-state index in [1.165, 1.54) is 103 Å². The Morgan fingerprint density at radius 1 is 0.463 bits per heavy atom. The molecule has 0 spiro atoms. The quantitative estimate of drug-likeness (QED) is 0.0413. The maximum atomic E-state index is 12.0. The van der Waals surface area contributed by atoms with Crippen LogP contribution in [0.5, 0.6) is 0 Å². The molecule has 0 aromatic rings. The second kappa shape index (κ2) is 32.8. The standard InChI is InChI=1S/C33H61NO6.K/c1-3-5-7-9-11-13-15-17-19-21-23-25-30(35)39-32(37)28-27-29(34)33(38)40-31(36)26-24-22-20-18-16-14-12-10-8-6-4-2;/h29H,3-28,34H2,1-2H3;/t29-;/m0./s1. The Morgan fingerprint density at radius 3 is 1.12 bits per heavy atom. The van der Waals surface area contributed by atoms with Gasteiger partial charge >= 0.3 is 23.9 Å². The molecule has 0 bridgehead atoms. The van der Waals surface area contributed by atoms with E-state index in [1.54, 1.807) is 0 Å². The van der Waals surface area contributed by atoms with Gasteiger partial charge in [0.1, 0.15) is 6.04 Å². The van der Waals surface area contributed by atoms with Crippen LogP contribution in [0.15, 0.2) is 0 Å². The van der Waals surface area contributed by atoms with E-state index in [-0.39, 0.29) is 77.1 Å². The molecule has 0 aliphatic rings. The topological polar surface area (TPSA) is 113 Å². The molecule has 0 aromatic heterocycles. The van der Waals surface area contributed by atoms with E-state index in [0.717, 1.165) is 25.7 Å². The predicted octanol–water partition coefficient (Wildman–Crippen LogP) is 8.25. The third kappa shape index (κ3) is 31.1. The van der Waals surface area contributed by atoms with Gasteiger partial charge in [0, 0.05) is 70.6 Å². The van der Waals surface area contributed by atoms with E-state index in [1.807, 2.05) is 0 Å². The van der Waals surface area contributed by atoms with Gasteiger partial charge in [0.15, 0.2) is 0 Å². The zero-order chi connectivity index (χ0) is 29.7. The van der Waals surface area contributed by atoms with Crippen molar-refractivity contribution in [2.75, 3.05) is 0 Å². The van der Waals surface area contributed by atoms with E-state index in [2.05, 4.69) is 13.8 Å². The first-order valence-corrected chi connectivity index (χ1v) is 16.6. The zero-order valence-electron chi connectivity index (χ0n) is 27.0. The van der Waals surface area contributed by atoms with Crippen LogP contribution in [0, 0.1) is 0 Å². The van der Waals surface area contributed by atoms with Crippen LogP contribution >= 0.6 is 0 Å². The third-order valence-electron chi connectivity index (χ3n) is 7.37. The van der Waals surface area contributed by atoms with Gasteiger partial charge in [0.25, 0.3) is 0 Å². The molecule has 0 aliphatic carbocycles. The number of carbonyl (C=O) groups excluding carboxylic acids is 4. The van der Waals surface area contributed by atoms with Gasteiger partial charge in [0.05, 0.1) is 0 Å². The van der Waals surface area contributed by atoms with Crippen molar-refractivity contribution in [3.8, 4) is 0 Å². The van der Waals surface area contributed by atoms with Crippen LogP contribution in [-0.4, -0.2) is 81.3 Å². The Labute approximate surface area is 294 Å². The molecule has 0 saturated carbocycles. The average Bonchev–Trinajstić information content (AvgIpc) is 2.93. The molecule has 0 aromatic carbocycles. The molecular weight excluding hydrogens is 545 g/mol. The van der Waals surface area contributed by atoms with Crippen LogP contribution in [0.25, 0.3) is 0 Å². The maximum absolute atomic E-state index is 12.0. The number of hydrogen-bond acceptors (Lipinski definition) is 7. The Bertz CT molecular complexity index is 658. The van der Waals surface area contributed by atoms with E-state index in [4.69, 9.17) is 15.2 Å². The summed E-state index contributed by atoms with van der Waals surface area (Å²) in [5.74, 6) is -2.67. The summed E-state index contributed by atoms with van der Waals surface area (Å²) in [5, 5.41) is 0. The fourth-order valence-corrected chi connectivity index (χ4v) is 4.73. The molecule has 0 heterocycles. The van der Waals surface area contributed by atoms with Crippen LogP contribution in [0.1, 0.15) is 181 Å². The van der Waals surface area contributed by atoms with Gasteiger partial charge in [-0.25, -0.2) is 4.79 Å². The molecule has 41 heavy (non-hydrogen) atoms. The van der Waals surface area contributed by atoms with Gasteiger partial charge in [-0.1, -0.05) is 142 Å². The van der Waals surface area contributed by atoms with E-state index in [9.17, 15) is 19.2 Å². The van der Waals surface area contributed by atoms with Crippen LogP contribution in [-0.2, 0) is 28.7 Å². The molecular formula is C33H61KNO6. The van der Waals surface area contributed by atoms with Crippen molar-refractivity contribution in [2.45, 2.75) is 187 Å². The Kier molecular flexibility index (Phi) is 34.4. The number of unbranched alkanes of at least 4 members (excludes halogenated alkanes) is 20. The molecule has 0 unspecified atom stereocenters. The number of nitrogens with two attached hydrogens (primary N) is 1. The van der Waals surface area contributed by atoms with Gasteiger partial charge in [-0.3, -0.25) is 14.4 Å². The summed E-state index contributed by atoms with van der Waals surface area (Å²) in [5.41, 5.74) is 5.76. The molecule has 0 aliphatic heterocycles. The number of carbonyl (C=O) groups is 4. The van der Waals surface area contributed by atoms with Crippen molar-refractivity contribution in [3.63, 3.8) is 0 Å². The van der Waals surface area contributed by atoms with Crippen LogP contribution in [0.4, 0.5) is 0 Å². The van der Waals surface area contributed by atoms with Gasteiger partial charge in [-0.05, 0) is 19.3 Å². The molecule has 0 rings (SSSR count). The van der Waals surface area contributed by atoms with Gasteiger partial charge in [-0.15, -0.1) is 0 Å². The van der Waals surface area contributed by atoms with Gasteiger partial charge in [-0.2, -0.15) is 0 Å². The number of rotatable bonds is 28. The minimum absolute atomic E-state index is 0. The Morgan fingerprint density at radius 2 is 0.756 bits per heavy atom. The van der Waals surface area contributed by atoms with Crippen LogP contribution in [0.3, 0.4) is 0 Å². The Balaban J connectivity index is 0. The molecule has 0 fully saturated rings. The summed E-state index contributed by atoms with van der Waals surface area (Å²) in [7, 11) is 0. The first-order chi connectivity index (χ1) is 19.4. The van der Waals surface area contributed by atoms with Crippen LogP contribution in [0.2, 0.25) is 0 Å². The molecule has 0 amide bonds. The van der Waals surface area contributed by atoms with Gasteiger partial charge < -0.3 is 15.2 Å². The van der Waals surface area contributed by atoms with Crippen molar-refractivity contribution in [3.05, 3.63) is 0 Å². The summed E-state index contributed by atoms with van der Waals surface area (Å²) < 4.78 is 9.64. The first kappa shape index (κ1) is 43.0.